The van der Waals surface area contributed by atoms with E-state index in [-0.39, 0.29) is 90.3 Å². The Hall–Kier alpha value is -7.17. The van der Waals surface area contributed by atoms with E-state index in [9.17, 15) is 39.3 Å². The van der Waals surface area contributed by atoms with Crippen molar-refractivity contribution in [3.8, 4) is 22.9 Å². The number of aliphatic carboxylic acids is 1. The molecule has 6 rings (SSSR count). The first kappa shape index (κ1) is 47.3. The molecule has 0 aliphatic rings. The van der Waals surface area contributed by atoms with Crippen molar-refractivity contribution < 1.29 is 48.8 Å². The van der Waals surface area contributed by atoms with E-state index in [2.05, 4.69) is 51.0 Å². The van der Waals surface area contributed by atoms with Crippen LogP contribution in [0.5, 0.6) is 11.5 Å². The van der Waals surface area contributed by atoms with Crippen LogP contribution in [0.15, 0.2) is 65.5 Å². The molecule has 65 heavy (non-hydrogen) atoms. The number of nitrogens with two attached hydrogens (primary N) is 2. The van der Waals surface area contributed by atoms with Gasteiger partial charge in [0.15, 0.2) is 31.7 Å². The largest absolute Gasteiger partial charge is 0.480 e. The predicted molar refractivity (Wildman–Crippen MR) is 237 cm³/mol. The summed E-state index contributed by atoms with van der Waals surface area (Å²) in [4.78, 5) is 57.9. The second-order valence-corrected chi connectivity index (χ2v) is 19.9. The fraction of sp³-hybridized carbons (Fsp3) is 0.270. The molecule has 24 nitrogen and oxygen atoms in total. The van der Waals surface area contributed by atoms with Crippen molar-refractivity contribution in [2.45, 2.75) is 66.3 Å². The average molecular weight is 965 g/mol. The number of rotatable bonds is 18. The summed E-state index contributed by atoms with van der Waals surface area (Å²) in [6.45, 7) is 11.5. The molecule has 338 valence electrons. The summed E-state index contributed by atoms with van der Waals surface area (Å²) in [5, 5.41) is 71.0. The van der Waals surface area contributed by atoms with Gasteiger partial charge in [0.05, 0.1) is 33.9 Å². The van der Waals surface area contributed by atoms with Crippen LogP contribution in [0.3, 0.4) is 0 Å². The van der Waals surface area contributed by atoms with Gasteiger partial charge < -0.3 is 36.3 Å². The predicted octanol–water partition coefficient (Wildman–Crippen LogP) is 7.16. The van der Waals surface area contributed by atoms with Crippen LogP contribution < -0.4 is 20.9 Å². The smallest absolute Gasteiger partial charge is 0.335 e. The maximum atomic E-state index is 12.3. The summed E-state index contributed by atoms with van der Waals surface area (Å²) in [7, 11) is 0. The molecule has 0 spiro atoms. The Balaban J connectivity index is 1.16. The Morgan fingerprint density at radius 2 is 1.12 bits per heavy atom. The van der Waals surface area contributed by atoms with Crippen molar-refractivity contribution in [2.75, 3.05) is 17.2 Å². The van der Waals surface area contributed by atoms with Crippen LogP contribution in [0.1, 0.15) is 73.6 Å². The molecule has 7 N–H and O–H groups in total. The van der Waals surface area contributed by atoms with Gasteiger partial charge in [0.2, 0.25) is 0 Å². The number of azo groups is 2. The summed E-state index contributed by atoms with van der Waals surface area (Å²) in [5.74, 6) is -3.71. The quantitative estimate of drug-likeness (QED) is 0.0324. The zero-order chi connectivity index (χ0) is 47.4. The number of anilines is 2. The highest BCUT2D eigenvalue weighted by Gasteiger charge is 2.30. The number of carbonyl (C=O) groups is 5. The molecule has 0 amide bonds. The number of carboxylic acid groups (broad SMARTS) is 3. The topological polar surface area (TPSA) is 353 Å². The van der Waals surface area contributed by atoms with Crippen LogP contribution in [0.2, 0.25) is 0 Å². The van der Waals surface area contributed by atoms with Crippen molar-refractivity contribution in [3.63, 3.8) is 0 Å². The normalized spacial score (nSPS) is 12.5. The highest BCUT2D eigenvalue weighted by Crippen LogP contribution is 2.42. The van der Waals surface area contributed by atoms with Gasteiger partial charge in [-0.05, 0) is 24.3 Å². The van der Waals surface area contributed by atoms with Gasteiger partial charge in [-0.25, -0.2) is 19.0 Å². The SMILES string of the molecule is CC(C)(C)c1nn(-c2cc(OC=O)cc(C(=O)O)c2)c(N)c1N=Nc1nnc(SCC(Sc2nnc(N=Nc3c(C(C)(C)C)nn(-c4cc(OC=O)cc(C(=O)O)c4)c3N)s2)C(=O)O)s1. The zero-order valence-corrected chi connectivity index (χ0v) is 38.0. The molecule has 4 heterocycles. The number of aromatic carboxylic acids is 2. The number of thioether (sulfide) groups is 2. The first-order chi connectivity index (χ1) is 30.7. The van der Waals surface area contributed by atoms with E-state index in [0.29, 0.717) is 15.7 Å². The van der Waals surface area contributed by atoms with Gasteiger partial charge in [0, 0.05) is 28.7 Å². The van der Waals surface area contributed by atoms with Crippen molar-refractivity contribution in [1.29, 1.82) is 0 Å². The Kier molecular flexibility index (Phi) is 14.0. The number of benzene rings is 2. The molecule has 0 fully saturated rings. The maximum absolute atomic E-state index is 12.3. The average Bonchev–Trinajstić information content (AvgIpc) is 4.03. The lowest BCUT2D eigenvalue weighted by Crippen LogP contribution is -2.18. The number of nitrogen functional groups attached to an aromatic ring is 2. The lowest BCUT2D eigenvalue weighted by molar-refractivity contribution is -0.136. The maximum Gasteiger partial charge on any atom is 0.335 e. The van der Waals surface area contributed by atoms with Gasteiger partial charge in [-0.1, -0.05) is 87.7 Å². The standard InChI is InChI=1S/C37H36N14O10S4/c1-36(2,3)25-23(27(38)50(48-25)18-7-16(29(54)55)9-20(11-18)60-14-52)40-42-32-44-46-34(64-32)62-13-22(31(58)59)63-35-47-45-33(65-35)43-41-24-26(37(4,5)6)49-51(28(24)39)19-8-17(30(56)57)10-21(12-19)61-15-53/h7-12,14-15,22H,13,38-39H2,1-6H3,(H,54,55)(H,56,57)(H,58,59). The minimum atomic E-state index is -1.27. The molecule has 0 saturated heterocycles. The second kappa shape index (κ2) is 19.3. The van der Waals surface area contributed by atoms with Crippen LogP contribution in [-0.2, 0) is 25.2 Å². The van der Waals surface area contributed by atoms with Crippen LogP contribution in [-0.4, -0.2) is 97.1 Å². The summed E-state index contributed by atoms with van der Waals surface area (Å²) < 4.78 is 13.0. The number of carbonyl (C=O) groups excluding carboxylic acids is 2. The molecule has 28 heteroatoms. The lowest BCUT2D eigenvalue weighted by atomic mass is 9.91. The fourth-order valence-corrected chi connectivity index (χ4v) is 9.23. The molecular weight excluding hydrogens is 929 g/mol. The lowest BCUT2D eigenvalue weighted by Gasteiger charge is -2.15. The van der Waals surface area contributed by atoms with Crippen molar-refractivity contribution in [3.05, 3.63) is 58.9 Å². The monoisotopic (exact) mass is 964 g/mol. The van der Waals surface area contributed by atoms with Gasteiger partial charge in [-0.15, -0.1) is 40.9 Å². The number of aromatic nitrogens is 8. The molecule has 1 atom stereocenters. The van der Waals surface area contributed by atoms with E-state index in [1.54, 1.807) is 0 Å². The van der Waals surface area contributed by atoms with Gasteiger partial charge in [-0.2, -0.15) is 10.2 Å². The first-order valence-electron chi connectivity index (χ1n) is 18.5. The van der Waals surface area contributed by atoms with Crippen molar-refractivity contribution in [2.24, 2.45) is 20.5 Å². The molecule has 0 saturated carbocycles. The molecule has 0 bridgehead atoms. The number of ether oxygens (including phenoxy) is 2. The second-order valence-electron chi connectivity index (χ2n) is 15.3. The molecule has 0 radical (unpaired) electrons. The Bertz CT molecular complexity index is 2870. The van der Waals surface area contributed by atoms with Crippen LogP contribution >= 0.6 is 46.2 Å². The van der Waals surface area contributed by atoms with E-state index in [0.717, 1.165) is 46.2 Å². The van der Waals surface area contributed by atoms with Crippen LogP contribution in [0, 0.1) is 0 Å². The summed E-state index contributed by atoms with van der Waals surface area (Å²) in [5.41, 5.74) is 12.9. The van der Waals surface area contributed by atoms with Crippen LogP contribution in [0.25, 0.3) is 11.4 Å². The molecule has 0 aliphatic carbocycles. The van der Waals surface area contributed by atoms with Crippen LogP contribution in [0.4, 0.5) is 33.3 Å². The van der Waals surface area contributed by atoms with E-state index in [4.69, 9.17) is 20.9 Å². The van der Waals surface area contributed by atoms with E-state index in [1.807, 2.05) is 41.5 Å². The third-order valence-electron chi connectivity index (χ3n) is 8.48. The molecule has 6 aromatic rings. The molecule has 1 unspecified atom stereocenters. The van der Waals surface area contributed by atoms with Gasteiger partial charge in [0.25, 0.3) is 23.2 Å². The molecular formula is C37H36N14O10S4. The Morgan fingerprint density at radius 1 is 0.692 bits per heavy atom. The highest BCUT2D eigenvalue weighted by molar-refractivity contribution is 8.05. The number of hydrogen-bond acceptors (Lipinski definition) is 23. The van der Waals surface area contributed by atoms with Crippen molar-refractivity contribution >= 4 is 110 Å². The van der Waals surface area contributed by atoms with E-state index in [1.165, 1.54) is 45.8 Å². The Morgan fingerprint density at radius 3 is 1.52 bits per heavy atom. The molecule has 0 aliphatic heterocycles. The molecule has 2 aromatic carbocycles. The summed E-state index contributed by atoms with van der Waals surface area (Å²) in [6.07, 6.45) is 0. The van der Waals surface area contributed by atoms with Gasteiger partial charge in [0.1, 0.15) is 16.7 Å². The zero-order valence-electron chi connectivity index (χ0n) is 34.8. The summed E-state index contributed by atoms with van der Waals surface area (Å²) >= 11 is 4.08. The third-order valence-corrected chi connectivity index (χ3v) is 12.8. The van der Waals surface area contributed by atoms with Gasteiger partial charge in [-0.3, -0.25) is 14.4 Å². The molecule has 4 aromatic heterocycles. The van der Waals surface area contributed by atoms with E-state index >= 15 is 0 Å². The minimum Gasteiger partial charge on any atom is -0.480 e. The third kappa shape index (κ3) is 11.1. The number of carboxylic acids is 3. The highest BCUT2D eigenvalue weighted by atomic mass is 32.2. The fourth-order valence-electron chi connectivity index (χ4n) is 5.55. The first-order valence-corrected chi connectivity index (χ1v) is 22.0. The number of nitrogens with zero attached hydrogens (tertiary/aromatic N) is 12. The van der Waals surface area contributed by atoms with Crippen molar-refractivity contribution in [1.82, 2.24) is 40.0 Å². The van der Waals surface area contributed by atoms with E-state index < -0.39 is 34.0 Å². The van der Waals surface area contributed by atoms with Gasteiger partial charge >= 0.3 is 17.9 Å². The summed E-state index contributed by atoms with van der Waals surface area (Å²) in [6, 6.07) is 7.73. The Labute approximate surface area is 383 Å². The minimum absolute atomic E-state index is 0.000563. The number of hydrogen-bond donors (Lipinski definition) is 5.